The fourth-order valence-electron chi connectivity index (χ4n) is 1.83. The highest BCUT2D eigenvalue weighted by molar-refractivity contribution is 4.93. The minimum atomic E-state index is 0.102. The lowest BCUT2D eigenvalue weighted by Gasteiger charge is -2.20. The van der Waals surface area contributed by atoms with E-state index in [0.717, 1.165) is 25.2 Å². The third kappa shape index (κ3) is 3.94. The Morgan fingerprint density at radius 2 is 2.25 bits per heavy atom. The Balaban J connectivity index is 2.58. The van der Waals surface area contributed by atoms with E-state index in [-0.39, 0.29) is 12.6 Å². The molecule has 1 heterocycles. The topological polar surface area (TPSA) is 50.1 Å². The molecule has 0 aliphatic carbocycles. The molecule has 0 saturated heterocycles. The molecule has 4 heteroatoms. The molecule has 0 aliphatic heterocycles. The summed E-state index contributed by atoms with van der Waals surface area (Å²) in [5, 5.41) is 12.6. The molecule has 0 aromatic carbocycles. The molecule has 2 N–H and O–H groups in total. The lowest BCUT2D eigenvalue weighted by molar-refractivity contribution is 0.220. The highest BCUT2D eigenvalue weighted by Gasteiger charge is 2.11. The monoisotopic (exact) mass is 225 g/mol. The molecular formula is C12H23N3O. The van der Waals surface area contributed by atoms with E-state index < -0.39 is 0 Å². The van der Waals surface area contributed by atoms with Crippen molar-refractivity contribution < 1.29 is 5.11 Å². The molecule has 0 aliphatic rings. The van der Waals surface area contributed by atoms with Crippen molar-refractivity contribution in [1.29, 1.82) is 0 Å². The van der Waals surface area contributed by atoms with Crippen LogP contribution in [-0.4, -0.2) is 33.3 Å². The van der Waals surface area contributed by atoms with Crippen LogP contribution in [0, 0.1) is 0 Å². The van der Waals surface area contributed by atoms with E-state index in [4.69, 9.17) is 0 Å². The second kappa shape index (κ2) is 6.66. The molecule has 0 fully saturated rings. The van der Waals surface area contributed by atoms with Gasteiger partial charge in [-0.1, -0.05) is 20.8 Å². The molecular weight excluding hydrogens is 202 g/mol. The van der Waals surface area contributed by atoms with Gasteiger partial charge in [0.15, 0.2) is 0 Å². The third-order valence-electron chi connectivity index (χ3n) is 2.48. The normalized spacial score (nSPS) is 13.3. The zero-order valence-corrected chi connectivity index (χ0v) is 10.5. The number of aryl methyl sites for hydroxylation is 1. The van der Waals surface area contributed by atoms with Gasteiger partial charge in [-0.15, -0.1) is 0 Å². The van der Waals surface area contributed by atoms with Gasteiger partial charge in [0.25, 0.3) is 0 Å². The summed E-state index contributed by atoms with van der Waals surface area (Å²) in [6.45, 7) is 7.26. The van der Waals surface area contributed by atoms with Crippen molar-refractivity contribution in [1.82, 2.24) is 14.9 Å². The third-order valence-corrected chi connectivity index (χ3v) is 2.48. The van der Waals surface area contributed by atoms with Gasteiger partial charge < -0.3 is 15.0 Å². The Labute approximate surface area is 97.7 Å². The van der Waals surface area contributed by atoms with Crippen molar-refractivity contribution in [2.75, 3.05) is 6.61 Å². The van der Waals surface area contributed by atoms with E-state index in [1.807, 2.05) is 12.4 Å². The van der Waals surface area contributed by atoms with Crippen LogP contribution < -0.4 is 5.32 Å². The molecule has 4 nitrogen and oxygen atoms in total. The van der Waals surface area contributed by atoms with Gasteiger partial charge in [0.2, 0.25) is 0 Å². The van der Waals surface area contributed by atoms with Gasteiger partial charge in [-0.05, 0) is 6.42 Å². The standard InChI is InChI=1S/C12H23N3O/c1-4-5-12-13-6-7-15(12)8-11(9-16)14-10(2)3/h6-7,10-11,14,16H,4-5,8-9H2,1-3H3. The summed E-state index contributed by atoms with van der Waals surface area (Å²) in [7, 11) is 0. The number of imidazole rings is 1. The predicted molar refractivity (Wildman–Crippen MR) is 65.4 cm³/mol. The Morgan fingerprint density at radius 1 is 1.50 bits per heavy atom. The average Bonchev–Trinajstić information content (AvgIpc) is 2.65. The molecule has 92 valence electrons. The van der Waals surface area contributed by atoms with Gasteiger partial charge in [0.1, 0.15) is 5.82 Å². The lowest BCUT2D eigenvalue weighted by Crippen LogP contribution is -2.40. The summed E-state index contributed by atoms with van der Waals surface area (Å²) >= 11 is 0. The molecule has 1 unspecified atom stereocenters. The summed E-state index contributed by atoms with van der Waals surface area (Å²) in [4.78, 5) is 4.33. The van der Waals surface area contributed by atoms with Crippen molar-refractivity contribution in [2.24, 2.45) is 0 Å². The molecule has 1 atom stereocenters. The van der Waals surface area contributed by atoms with Crippen LogP contribution >= 0.6 is 0 Å². The van der Waals surface area contributed by atoms with Gasteiger partial charge in [0.05, 0.1) is 6.61 Å². The highest BCUT2D eigenvalue weighted by Crippen LogP contribution is 2.03. The van der Waals surface area contributed by atoms with Crippen LogP contribution in [0.25, 0.3) is 0 Å². The van der Waals surface area contributed by atoms with Gasteiger partial charge in [-0.3, -0.25) is 0 Å². The van der Waals surface area contributed by atoms with E-state index in [0.29, 0.717) is 6.04 Å². The molecule has 0 bridgehead atoms. The number of aliphatic hydroxyl groups excluding tert-OH is 1. The van der Waals surface area contributed by atoms with Crippen LogP contribution in [0.2, 0.25) is 0 Å². The van der Waals surface area contributed by atoms with Gasteiger partial charge >= 0.3 is 0 Å². The van der Waals surface area contributed by atoms with E-state index in [1.165, 1.54) is 0 Å². The quantitative estimate of drug-likeness (QED) is 0.733. The number of nitrogens with zero attached hydrogens (tertiary/aromatic N) is 2. The van der Waals surface area contributed by atoms with Gasteiger partial charge in [0, 0.05) is 37.4 Å². The van der Waals surface area contributed by atoms with E-state index in [2.05, 4.69) is 35.6 Å². The van der Waals surface area contributed by atoms with Gasteiger partial charge in [-0.2, -0.15) is 0 Å². The number of hydrogen-bond acceptors (Lipinski definition) is 3. The van der Waals surface area contributed by atoms with Crippen LogP contribution in [0.5, 0.6) is 0 Å². The second-order valence-corrected chi connectivity index (χ2v) is 4.45. The maximum atomic E-state index is 9.30. The zero-order valence-electron chi connectivity index (χ0n) is 10.5. The number of aromatic nitrogens is 2. The van der Waals surface area contributed by atoms with Crippen molar-refractivity contribution in [3.8, 4) is 0 Å². The molecule has 16 heavy (non-hydrogen) atoms. The summed E-state index contributed by atoms with van der Waals surface area (Å²) in [5.74, 6) is 1.10. The summed E-state index contributed by atoms with van der Waals surface area (Å²) in [5.41, 5.74) is 0. The Kier molecular flexibility index (Phi) is 5.49. The summed E-state index contributed by atoms with van der Waals surface area (Å²) in [6.07, 6.45) is 5.90. The van der Waals surface area contributed by atoms with Crippen LogP contribution in [0.15, 0.2) is 12.4 Å². The predicted octanol–water partition coefficient (Wildman–Crippen LogP) is 1.19. The van der Waals surface area contributed by atoms with E-state index in [9.17, 15) is 5.11 Å². The average molecular weight is 225 g/mol. The summed E-state index contributed by atoms with van der Waals surface area (Å²) in [6, 6.07) is 0.486. The molecule has 1 aromatic rings. The van der Waals surface area contributed by atoms with Crippen LogP contribution in [-0.2, 0) is 13.0 Å². The van der Waals surface area contributed by atoms with E-state index >= 15 is 0 Å². The van der Waals surface area contributed by atoms with Crippen LogP contribution in [0.1, 0.15) is 33.0 Å². The van der Waals surface area contributed by atoms with E-state index in [1.54, 1.807) is 0 Å². The minimum absolute atomic E-state index is 0.102. The first-order valence-corrected chi connectivity index (χ1v) is 6.04. The van der Waals surface area contributed by atoms with Crippen molar-refractivity contribution in [3.05, 3.63) is 18.2 Å². The Morgan fingerprint density at radius 3 is 2.81 bits per heavy atom. The Hall–Kier alpha value is -0.870. The van der Waals surface area contributed by atoms with Crippen molar-refractivity contribution >= 4 is 0 Å². The molecule has 0 radical (unpaired) electrons. The fourth-order valence-corrected chi connectivity index (χ4v) is 1.83. The number of hydrogen-bond donors (Lipinski definition) is 2. The van der Waals surface area contributed by atoms with Crippen LogP contribution in [0.3, 0.4) is 0 Å². The molecule has 0 saturated carbocycles. The van der Waals surface area contributed by atoms with Gasteiger partial charge in [-0.25, -0.2) is 4.98 Å². The molecule has 0 amide bonds. The van der Waals surface area contributed by atoms with Crippen molar-refractivity contribution in [3.63, 3.8) is 0 Å². The smallest absolute Gasteiger partial charge is 0.108 e. The molecule has 1 aromatic heterocycles. The highest BCUT2D eigenvalue weighted by atomic mass is 16.3. The SMILES string of the molecule is CCCc1nccn1CC(CO)NC(C)C. The number of rotatable bonds is 7. The first-order chi connectivity index (χ1) is 7.67. The minimum Gasteiger partial charge on any atom is -0.395 e. The number of nitrogens with one attached hydrogen (secondary N) is 1. The molecule has 0 spiro atoms. The first-order valence-electron chi connectivity index (χ1n) is 6.04. The fraction of sp³-hybridized carbons (Fsp3) is 0.750. The zero-order chi connectivity index (χ0) is 12.0. The largest absolute Gasteiger partial charge is 0.395 e. The van der Waals surface area contributed by atoms with Crippen LogP contribution in [0.4, 0.5) is 0 Å². The maximum Gasteiger partial charge on any atom is 0.108 e. The summed E-state index contributed by atoms with van der Waals surface area (Å²) < 4.78 is 2.12. The second-order valence-electron chi connectivity index (χ2n) is 4.45. The maximum absolute atomic E-state index is 9.30. The first kappa shape index (κ1) is 13.2. The lowest BCUT2D eigenvalue weighted by atomic mass is 10.2. The number of aliphatic hydroxyl groups is 1. The Bertz CT molecular complexity index is 296. The van der Waals surface area contributed by atoms with Crippen molar-refractivity contribution in [2.45, 2.75) is 52.2 Å². The molecule has 1 rings (SSSR count).